The smallest absolute Gasteiger partial charge is 0.332 e. The molecular formula is C21H19NO5. The molecule has 27 heavy (non-hydrogen) atoms. The summed E-state index contributed by atoms with van der Waals surface area (Å²) in [5.41, 5.74) is -0.866. The lowest BCUT2D eigenvalue weighted by atomic mass is 10.0. The van der Waals surface area contributed by atoms with Crippen LogP contribution in [0.5, 0.6) is 5.75 Å². The molecule has 0 bridgehead atoms. The van der Waals surface area contributed by atoms with Crippen molar-refractivity contribution in [1.82, 2.24) is 5.32 Å². The zero-order valence-electron chi connectivity index (χ0n) is 14.7. The van der Waals surface area contributed by atoms with E-state index in [1.54, 1.807) is 30.3 Å². The second-order valence-corrected chi connectivity index (χ2v) is 6.25. The number of aliphatic carboxylic acids is 1. The Morgan fingerprint density at radius 1 is 1.15 bits per heavy atom. The fraction of sp³-hybridized carbons (Fsp3) is 0.143. The maximum Gasteiger partial charge on any atom is 0.332 e. The highest BCUT2D eigenvalue weighted by Gasteiger charge is 2.35. The molecule has 138 valence electrons. The van der Waals surface area contributed by atoms with Gasteiger partial charge in [-0.25, -0.2) is 4.79 Å². The number of amides is 1. The molecular weight excluding hydrogens is 346 g/mol. The fourth-order valence-corrected chi connectivity index (χ4v) is 2.45. The Hall–Kier alpha value is -3.54. The Morgan fingerprint density at radius 3 is 2.56 bits per heavy atom. The van der Waals surface area contributed by atoms with Gasteiger partial charge < -0.3 is 19.6 Å². The molecule has 1 amide bonds. The molecule has 0 fully saturated rings. The van der Waals surface area contributed by atoms with Crippen LogP contribution in [0.4, 0.5) is 0 Å². The molecule has 3 aromatic rings. The van der Waals surface area contributed by atoms with Crippen LogP contribution in [0.25, 0.3) is 17.0 Å². The number of carbonyl (C=O) groups is 2. The number of carboxylic acid groups (broad SMARTS) is 1. The van der Waals surface area contributed by atoms with Crippen LogP contribution in [0.2, 0.25) is 0 Å². The molecule has 2 aromatic carbocycles. The maximum absolute atomic E-state index is 12.2. The van der Waals surface area contributed by atoms with Gasteiger partial charge in [0, 0.05) is 11.5 Å². The quantitative estimate of drug-likeness (QED) is 0.626. The predicted octanol–water partition coefficient (Wildman–Crippen LogP) is 3.48. The largest absolute Gasteiger partial charge is 0.491 e. The summed E-state index contributed by atoms with van der Waals surface area (Å²) < 4.78 is 11.1. The number of para-hydroxylation sites is 2. The van der Waals surface area contributed by atoms with E-state index >= 15 is 0 Å². The molecule has 0 aliphatic heterocycles. The van der Waals surface area contributed by atoms with E-state index in [9.17, 15) is 14.7 Å². The number of carboxylic acids is 1. The van der Waals surface area contributed by atoms with Gasteiger partial charge in [0.2, 0.25) is 5.91 Å². The standard InChI is InChI=1S/C21H19NO5/c1-21(20(24)25,14-26-16-8-3-2-4-9-16)22-19(23)12-11-17-13-15-7-5-6-10-18(15)27-17/h2-13H,14H2,1H3,(H,22,23)(H,24,25)/b12-11+. The Kier molecular flexibility index (Phi) is 5.26. The fourth-order valence-electron chi connectivity index (χ4n) is 2.45. The number of benzene rings is 2. The molecule has 0 radical (unpaired) electrons. The molecule has 0 spiro atoms. The Bertz CT molecular complexity index is 943. The molecule has 3 rings (SSSR count). The zero-order chi connectivity index (χ0) is 19.3. The molecule has 0 aliphatic carbocycles. The van der Waals surface area contributed by atoms with Crippen LogP contribution in [0.3, 0.4) is 0 Å². The monoisotopic (exact) mass is 365 g/mol. The van der Waals surface area contributed by atoms with Gasteiger partial charge in [-0.05, 0) is 37.3 Å². The predicted molar refractivity (Wildman–Crippen MR) is 101 cm³/mol. The number of nitrogens with one attached hydrogen (secondary N) is 1. The number of carbonyl (C=O) groups excluding carboxylic acids is 1. The number of hydrogen-bond donors (Lipinski definition) is 2. The molecule has 2 N–H and O–H groups in total. The number of rotatable bonds is 7. The van der Waals surface area contributed by atoms with Crippen LogP contribution in [0, 0.1) is 0 Å². The van der Waals surface area contributed by atoms with Crippen molar-refractivity contribution in [1.29, 1.82) is 0 Å². The third-order valence-electron chi connectivity index (χ3n) is 3.99. The van der Waals surface area contributed by atoms with Crippen LogP contribution in [0.15, 0.2) is 71.2 Å². The molecule has 0 saturated carbocycles. The van der Waals surface area contributed by atoms with Crippen LogP contribution >= 0.6 is 0 Å². The topological polar surface area (TPSA) is 88.8 Å². The van der Waals surface area contributed by atoms with E-state index in [0.29, 0.717) is 17.1 Å². The summed E-state index contributed by atoms with van der Waals surface area (Å²) in [4.78, 5) is 23.8. The zero-order valence-corrected chi connectivity index (χ0v) is 14.7. The van der Waals surface area contributed by atoms with E-state index in [4.69, 9.17) is 9.15 Å². The SMILES string of the molecule is CC(COc1ccccc1)(NC(=O)/C=C/c1cc2ccccc2o1)C(=O)O. The van der Waals surface area contributed by atoms with Crippen molar-refractivity contribution in [2.24, 2.45) is 0 Å². The minimum absolute atomic E-state index is 0.212. The molecule has 6 heteroatoms. The third kappa shape index (κ3) is 4.55. The first-order valence-corrected chi connectivity index (χ1v) is 8.36. The van der Waals surface area contributed by atoms with Gasteiger partial charge >= 0.3 is 5.97 Å². The maximum atomic E-state index is 12.2. The van der Waals surface area contributed by atoms with Gasteiger partial charge in [0.15, 0.2) is 5.54 Å². The molecule has 1 aromatic heterocycles. The number of furan rings is 1. The van der Waals surface area contributed by atoms with Crippen molar-refractivity contribution in [3.05, 3.63) is 72.5 Å². The minimum Gasteiger partial charge on any atom is -0.491 e. The van der Waals surface area contributed by atoms with Gasteiger partial charge in [0.1, 0.15) is 23.7 Å². The van der Waals surface area contributed by atoms with E-state index in [-0.39, 0.29) is 6.61 Å². The van der Waals surface area contributed by atoms with E-state index in [1.165, 1.54) is 19.1 Å². The van der Waals surface area contributed by atoms with Gasteiger partial charge in [-0.3, -0.25) is 4.79 Å². The second-order valence-electron chi connectivity index (χ2n) is 6.25. The number of ether oxygens (including phenoxy) is 1. The van der Waals surface area contributed by atoms with Crippen LogP contribution in [-0.4, -0.2) is 29.1 Å². The highest BCUT2D eigenvalue weighted by molar-refractivity contribution is 5.96. The van der Waals surface area contributed by atoms with E-state index in [2.05, 4.69) is 5.32 Å². The van der Waals surface area contributed by atoms with Crippen molar-refractivity contribution < 1.29 is 23.8 Å². The summed E-state index contributed by atoms with van der Waals surface area (Å²) in [5, 5.41) is 12.9. The molecule has 1 heterocycles. The van der Waals surface area contributed by atoms with Crippen molar-refractivity contribution in [3.63, 3.8) is 0 Å². The average molecular weight is 365 g/mol. The first kappa shape index (κ1) is 18.3. The van der Waals surface area contributed by atoms with Crippen LogP contribution in [0.1, 0.15) is 12.7 Å². The van der Waals surface area contributed by atoms with Crippen molar-refractivity contribution >= 4 is 28.9 Å². The number of fused-ring (bicyclic) bond motifs is 1. The third-order valence-corrected chi connectivity index (χ3v) is 3.99. The summed E-state index contributed by atoms with van der Waals surface area (Å²) in [6.07, 6.45) is 2.73. The Labute approximate surface area is 156 Å². The van der Waals surface area contributed by atoms with Crippen molar-refractivity contribution in [2.45, 2.75) is 12.5 Å². The van der Waals surface area contributed by atoms with Gasteiger partial charge in [-0.15, -0.1) is 0 Å². The molecule has 0 saturated heterocycles. The first-order valence-electron chi connectivity index (χ1n) is 8.36. The minimum atomic E-state index is -1.58. The van der Waals surface area contributed by atoms with Crippen LogP contribution in [-0.2, 0) is 9.59 Å². The lowest BCUT2D eigenvalue weighted by Crippen LogP contribution is -2.55. The summed E-state index contributed by atoms with van der Waals surface area (Å²) in [6.45, 7) is 1.18. The van der Waals surface area contributed by atoms with Crippen molar-refractivity contribution in [3.8, 4) is 5.75 Å². The normalized spacial score (nSPS) is 13.4. The van der Waals surface area contributed by atoms with Crippen LogP contribution < -0.4 is 10.1 Å². The molecule has 1 atom stereocenters. The highest BCUT2D eigenvalue weighted by Crippen LogP contribution is 2.19. The van der Waals surface area contributed by atoms with Gasteiger partial charge in [0.05, 0.1) is 0 Å². The molecule has 1 unspecified atom stereocenters. The summed E-state index contributed by atoms with van der Waals surface area (Å²) >= 11 is 0. The first-order chi connectivity index (χ1) is 13.0. The van der Waals surface area contributed by atoms with E-state index < -0.39 is 17.4 Å². The van der Waals surface area contributed by atoms with Crippen molar-refractivity contribution in [2.75, 3.05) is 6.61 Å². The summed E-state index contributed by atoms with van der Waals surface area (Å²) in [6, 6.07) is 18.1. The molecule has 0 aliphatic rings. The Balaban J connectivity index is 1.66. The molecule has 6 nitrogen and oxygen atoms in total. The Morgan fingerprint density at radius 2 is 1.85 bits per heavy atom. The van der Waals surface area contributed by atoms with Gasteiger partial charge in [-0.2, -0.15) is 0 Å². The summed E-state index contributed by atoms with van der Waals surface area (Å²) in [5.74, 6) is -0.720. The lowest BCUT2D eigenvalue weighted by molar-refractivity contribution is -0.147. The lowest BCUT2D eigenvalue weighted by Gasteiger charge is -2.25. The van der Waals surface area contributed by atoms with E-state index in [0.717, 1.165) is 5.39 Å². The number of hydrogen-bond acceptors (Lipinski definition) is 4. The van der Waals surface area contributed by atoms with Gasteiger partial charge in [-0.1, -0.05) is 36.4 Å². The van der Waals surface area contributed by atoms with E-state index in [1.807, 2.05) is 30.3 Å². The second kappa shape index (κ2) is 7.78. The average Bonchev–Trinajstić information content (AvgIpc) is 3.08. The van der Waals surface area contributed by atoms with Gasteiger partial charge in [0.25, 0.3) is 0 Å². The highest BCUT2D eigenvalue weighted by atomic mass is 16.5. The summed E-state index contributed by atoms with van der Waals surface area (Å²) in [7, 11) is 0.